The Balaban J connectivity index is 4.15. The molecule has 0 fully saturated rings. The van der Waals surface area contributed by atoms with Gasteiger partial charge in [-0.05, 0) is 18.8 Å². The van der Waals surface area contributed by atoms with Crippen LogP contribution in [0, 0.1) is 17.8 Å². The molecule has 0 amide bonds. The molecule has 0 aliphatic carbocycles. The lowest BCUT2D eigenvalue weighted by Gasteiger charge is -2.19. The molecule has 0 heterocycles. The molecule has 0 saturated heterocycles. The van der Waals surface area contributed by atoms with Crippen LogP contribution in [-0.4, -0.2) is 5.78 Å². The summed E-state index contributed by atoms with van der Waals surface area (Å²) in [6.07, 6.45) is 4.54. The van der Waals surface area contributed by atoms with Crippen molar-refractivity contribution in [1.29, 1.82) is 0 Å². The molecule has 1 nitrogen and oxygen atoms in total. The lowest BCUT2D eigenvalue weighted by atomic mass is 9.85. The number of carbonyl (C=O) groups excluding carboxylic acids is 1. The number of Topliss-reactive ketones (excluding diaryl/α,β-unsaturated/α-hetero) is 1. The maximum absolute atomic E-state index is 11.9. The predicted octanol–water partition coefficient (Wildman–Crippen LogP) is 4.06. The molecule has 1 atom stereocenters. The summed E-state index contributed by atoms with van der Waals surface area (Å²) in [5.41, 5.74) is 0. The topological polar surface area (TPSA) is 17.1 Å². The monoisotopic (exact) mass is 198 g/mol. The molecule has 0 aromatic rings. The summed E-state index contributed by atoms with van der Waals surface area (Å²) in [6.45, 7) is 10.6. The maximum Gasteiger partial charge on any atom is 0.138 e. The highest BCUT2D eigenvalue weighted by atomic mass is 16.1. The van der Waals surface area contributed by atoms with Gasteiger partial charge in [0.15, 0.2) is 0 Å². The van der Waals surface area contributed by atoms with E-state index in [-0.39, 0.29) is 5.92 Å². The summed E-state index contributed by atoms with van der Waals surface area (Å²) in [5.74, 6) is 1.62. The van der Waals surface area contributed by atoms with Gasteiger partial charge in [0, 0.05) is 11.8 Å². The van der Waals surface area contributed by atoms with Crippen LogP contribution in [0.4, 0.5) is 0 Å². The van der Waals surface area contributed by atoms with E-state index in [2.05, 4.69) is 20.8 Å². The van der Waals surface area contributed by atoms with E-state index >= 15 is 0 Å². The van der Waals surface area contributed by atoms with Crippen LogP contribution in [-0.2, 0) is 4.79 Å². The number of carbonyl (C=O) groups is 1. The summed E-state index contributed by atoms with van der Waals surface area (Å²) in [6, 6.07) is 0. The van der Waals surface area contributed by atoms with Crippen LogP contribution < -0.4 is 0 Å². The second kappa shape index (κ2) is 7.03. The van der Waals surface area contributed by atoms with Crippen LogP contribution in [0.25, 0.3) is 0 Å². The molecule has 0 unspecified atom stereocenters. The first-order chi connectivity index (χ1) is 6.49. The van der Waals surface area contributed by atoms with Crippen molar-refractivity contribution < 1.29 is 4.79 Å². The highest BCUT2D eigenvalue weighted by molar-refractivity contribution is 5.82. The van der Waals surface area contributed by atoms with Crippen LogP contribution in [0.2, 0.25) is 0 Å². The fourth-order valence-corrected chi connectivity index (χ4v) is 1.87. The van der Waals surface area contributed by atoms with Crippen molar-refractivity contribution in [3.8, 4) is 0 Å². The number of unbranched alkanes of at least 4 members (excludes halogenated alkanes) is 1. The van der Waals surface area contributed by atoms with Crippen LogP contribution in [0.5, 0.6) is 0 Å². The summed E-state index contributed by atoms with van der Waals surface area (Å²) >= 11 is 0. The third kappa shape index (κ3) is 5.41. The normalized spacial score (nSPS) is 13.6. The quantitative estimate of drug-likeness (QED) is 0.603. The minimum absolute atomic E-state index is 0.204. The number of hydrogen-bond acceptors (Lipinski definition) is 1. The highest BCUT2D eigenvalue weighted by Gasteiger charge is 2.21. The molecule has 0 aromatic carbocycles. The van der Waals surface area contributed by atoms with Crippen molar-refractivity contribution in [3.05, 3.63) is 0 Å². The van der Waals surface area contributed by atoms with E-state index in [1.807, 2.05) is 13.8 Å². The molecular weight excluding hydrogens is 172 g/mol. The fourth-order valence-electron chi connectivity index (χ4n) is 1.87. The third-order valence-electron chi connectivity index (χ3n) is 2.63. The highest BCUT2D eigenvalue weighted by Crippen LogP contribution is 2.22. The number of ketones is 1. The van der Waals surface area contributed by atoms with Crippen LogP contribution in [0.1, 0.15) is 60.3 Å². The lowest BCUT2D eigenvalue weighted by molar-refractivity contribution is -0.126. The molecular formula is C13H26O. The Morgan fingerprint density at radius 2 is 1.71 bits per heavy atom. The Bertz CT molecular complexity index is 159. The van der Waals surface area contributed by atoms with Gasteiger partial charge in [-0.1, -0.05) is 47.5 Å². The van der Waals surface area contributed by atoms with Crippen LogP contribution in [0.3, 0.4) is 0 Å². The second-order valence-electron chi connectivity index (χ2n) is 5.03. The lowest BCUT2D eigenvalue weighted by Crippen LogP contribution is -2.21. The Morgan fingerprint density at radius 3 is 2.07 bits per heavy atom. The van der Waals surface area contributed by atoms with E-state index in [4.69, 9.17) is 0 Å². The van der Waals surface area contributed by atoms with Crippen molar-refractivity contribution in [2.24, 2.45) is 17.8 Å². The van der Waals surface area contributed by atoms with Crippen LogP contribution in [0.15, 0.2) is 0 Å². The molecule has 84 valence electrons. The number of hydrogen-bond donors (Lipinski definition) is 0. The van der Waals surface area contributed by atoms with Crippen molar-refractivity contribution in [2.45, 2.75) is 60.3 Å². The molecule has 0 radical (unpaired) electrons. The van der Waals surface area contributed by atoms with Gasteiger partial charge in [-0.25, -0.2) is 0 Å². The molecule has 0 rings (SSSR count). The smallest absolute Gasteiger partial charge is 0.138 e. The van der Waals surface area contributed by atoms with Gasteiger partial charge in [-0.15, -0.1) is 0 Å². The zero-order chi connectivity index (χ0) is 11.1. The van der Waals surface area contributed by atoms with E-state index in [0.29, 0.717) is 17.6 Å². The van der Waals surface area contributed by atoms with Gasteiger partial charge in [-0.3, -0.25) is 4.79 Å². The fraction of sp³-hybridized carbons (Fsp3) is 0.923. The largest absolute Gasteiger partial charge is 0.299 e. The van der Waals surface area contributed by atoms with E-state index < -0.39 is 0 Å². The van der Waals surface area contributed by atoms with Gasteiger partial charge in [0.05, 0.1) is 0 Å². The van der Waals surface area contributed by atoms with E-state index in [9.17, 15) is 4.79 Å². The van der Waals surface area contributed by atoms with Gasteiger partial charge < -0.3 is 0 Å². The third-order valence-corrected chi connectivity index (χ3v) is 2.63. The van der Waals surface area contributed by atoms with Crippen molar-refractivity contribution in [1.82, 2.24) is 0 Å². The Labute approximate surface area is 89.3 Å². The average molecular weight is 198 g/mol. The molecule has 0 saturated carbocycles. The van der Waals surface area contributed by atoms with E-state index in [1.54, 1.807) is 0 Å². The van der Waals surface area contributed by atoms with Crippen LogP contribution >= 0.6 is 0 Å². The minimum Gasteiger partial charge on any atom is -0.299 e. The summed E-state index contributed by atoms with van der Waals surface area (Å²) < 4.78 is 0. The summed E-state index contributed by atoms with van der Waals surface area (Å²) in [7, 11) is 0. The molecule has 1 heteroatoms. The molecule has 14 heavy (non-hydrogen) atoms. The van der Waals surface area contributed by atoms with Gasteiger partial charge in [0.25, 0.3) is 0 Å². The Morgan fingerprint density at radius 1 is 1.14 bits per heavy atom. The van der Waals surface area contributed by atoms with E-state index in [0.717, 1.165) is 12.8 Å². The van der Waals surface area contributed by atoms with Crippen molar-refractivity contribution >= 4 is 5.78 Å². The zero-order valence-electron chi connectivity index (χ0n) is 10.5. The average Bonchev–Trinajstić information content (AvgIpc) is 2.10. The van der Waals surface area contributed by atoms with Gasteiger partial charge >= 0.3 is 0 Å². The molecule has 0 aromatic heterocycles. The Kier molecular flexibility index (Phi) is 6.86. The standard InChI is InChI=1S/C13H26O/c1-6-7-8-12(9-10(2)3)13(14)11(4)5/h10-12H,6-9H2,1-5H3/t12-/m0/s1. The zero-order valence-corrected chi connectivity index (χ0v) is 10.5. The first-order valence-corrected chi connectivity index (χ1v) is 6.02. The predicted molar refractivity (Wildman–Crippen MR) is 62.3 cm³/mol. The van der Waals surface area contributed by atoms with Crippen molar-refractivity contribution in [3.63, 3.8) is 0 Å². The van der Waals surface area contributed by atoms with Crippen molar-refractivity contribution in [2.75, 3.05) is 0 Å². The van der Waals surface area contributed by atoms with E-state index in [1.165, 1.54) is 12.8 Å². The summed E-state index contributed by atoms with van der Waals surface area (Å²) in [5, 5.41) is 0. The molecule has 0 aliphatic rings. The number of rotatable bonds is 7. The first kappa shape index (κ1) is 13.7. The molecule has 0 N–H and O–H groups in total. The molecule has 0 bridgehead atoms. The Hall–Kier alpha value is -0.330. The summed E-state index contributed by atoms with van der Waals surface area (Å²) in [4.78, 5) is 11.9. The minimum atomic E-state index is 0.204. The van der Waals surface area contributed by atoms with Gasteiger partial charge in [0.2, 0.25) is 0 Å². The molecule has 0 spiro atoms. The second-order valence-corrected chi connectivity index (χ2v) is 5.03. The molecule has 0 aliphatic heterocycles. The maximum atomic E-state index is 11.9. The SMILES string of the molecule is CCCC[C@@H](CC(C)C)C(=O)C(C)C. The van der Waals surface area contributed by atoms with Gasteiger partial charge in [-0.2, -0.15) is 0 Å². The van der Waals surface area contributed by atoms with Gasteiger partial charge in [0.1, 0.15) is 5.78 Å². The first-order valence-electron chi connectivity index (χ1n) is 6.02.